The number of rotatable bonds is 4. The second-order valence-corrected chi connectivity index (χ2v) is 9.84. The van der Waals surface area contributed by atoms with Crippen LogP contribution in [-0.4, -0.2) is 48.1 Å². The lowest BCUT2D eigenvalue weighted by Gasteiger charge is -2.31. The Morgan fingerprint density at radius 3 is 2.52 bits per heavy atom. The molecule has 0 bridgehead atoms. The summed E-state index contributed by atoms with van der Waals surface area (Å²) in [5.74, 6) is 0.828. The van der Waals surface area contributed by atoms with Crippen molar-refractivity contribution in [2.75, 3.05) is 24.7 Å². The van der Waals surface area contributed by atoms with Crippen molar-refractivity contribution >= 4 is 37.4 Å². The second-order valence-electron chi connectivity index (χ2n) is 7.00. The molecule has 1 saturated heterocycles. The van der Waals surface area contributed by atoms with Gasteiger partial charge < -0.3 is 5.32 Å². The van der Waals surface area contributed by atoms with Crippen molar-refractivity contribution in [2.45, 2.75) is 25.8 Å². The summed E-state index contributed by atoms with van der Waals surface area (Å²) < 4.78 is 25.0. The van der Waals surface area contributed by atoms with E-state index in [4.69, 9.17) is 0 Å². The minimum absolute atomic E-state index is 0.201. The zero-order valence-electron chi connectivity index (χ0n) is 15.3. The van der Waals surface area contributed by atoms with Gasteiger partial charge in [-0.05, 0) is 25.3 Å². The summed E-state index contributed by atoms with van der Waals surface area (Å²) >= 11 is 1.61. The molecule has 6 nitrogen and oxygen atoms in total. The predicted octanol–water partition coefficient (Wildman–Crippen LogP) is 3.50. The van der Waals surface area contributed by atoms with Gasteiger partial charge in [-0.1, -0.05) is 29.8 Å². The Kier molecular flexibility index (Phi) is 4.88. The number of hydrogen-bond donors (Lipinski definition) is 1. The highest BCUT2D eigenvalue weighted by molar-refractivity contribution is 7.88. The van der Waals surface area contributed by atoms with Gasteiger partial charge in [-0.25, -0.2) is 22.7 Å². The predicted molar refractivity (Wildman–Crippen MR) is 111 cm³/mol. The Hall–Kier alpha value is -2.03. The summed E-state index contributed by atoms with van der Waals surface area (Å²) in [6, 6.07) is 8.66. The quantitative estimate of drug-likeness (QED) is 0.723. The topological polar surface area (TPSA) is 75.2 Å². The number of benzene rings is 1. The Morgan fingerprint density at radius 2 is 1.85 bits per heavy atom. The first-order valence-corrected chi connectivity index (χ1v) is 11.7. The van der Waals surface area contributed by atoms with E-state index in [-0.39, 0.29) is 6.04 Å². The number of sulfonamides is 1. The molecule has 4 rings (SSSR count). The van der Waals surface area contributed by atoms with Crippen LogP contribution in [0.2, 0.25) is 0 Å². The zero-order valence-corrected chi connectivity index (χ0v) is 17.0. The van der Waals surface area contributed by atoms with Crippen LogP contribution in [0.1, 0.15) is 18.4 Å². The van der Waals surface area contributed by atoms with E-state index in [9.17, 15) is 8.42 Å². The molecule has 1 aliphatic heterocycles. The summed E-state index contributed by atoms with van der Waals surface area (Å²) in [7, 11) is -3.11. The molecule has 0 spiro atoms. The minimum atomic E-state index is -3.11. The Balaban J connectivity index is 1.61. The maximum Gasteiger partial charge on any atom is 0.211 e. The van der Waals surface area contributed by atoms with Crippen LogP contribution in [0, 0.1) is 6.92 Å². The van der Waals surface area contributed by atoms with E-state index in [2.05, 4.69) is 51.9 Å². The highest BCUT2D eigenvalue weighted by Crippen LogP contribution is 2.37. The summed E-state index contributed by atoms with van der Waals surface area (Å²) in [5, 5.41) is 6.70. The molecule has 8 heteroatoms. The average Bonchev–Trinajstić information content (AvgIpc) is 3.07. The summed E-state index contributed by atoms with van der Waals surface area (Å²) in [5.41, 5.74) is 3.51. The van der Waals surface area contributed by atoms with Gasteiger partial charge in [0.15, 0.2) is 0 Å². The molecule has 0 atom stereocenters. The molecule has 0 unspecified atom stereocenters. The Labute approximate surface area is 163 Å². The van der Waals surface area contributed by atoms with Gasteiger partial charge in [-0.2, -0.15) is 0 Å². The summed E-state index contributed by atoms with van der Waals surface area (Å²) in [6.07, 6.45) is 4.39. The van der Waals surface area contributed by atoms with Crippen LogP contribution in [0.4, 0.5) is 5.82 Å². The van der Waals surface area contributed by atoms with Crippen molar-refractivity contribution < 1.29 is 8.42 Å². The standard InChI is InChI=1S/C19H22N4O2S2/c1-13-3-5-14(6-4-13)16-11-26-19-17(16)18(20-12-21-19)22-15-7-9-23(10-8-15)27(2,24)25/h3-6,11-12,15H,7-10H2,1-2H3,(H,20,21,22). The van der Waals surface area contributed by atoms with E-state index < -0.39 is 10.0 Å². The number of aryl methyl sites for hydroxylation is 1. The van der Waals surface area contributed by atoms with Crippen molar-refractivity contribution in [3.63, 3.8) is 0 Å². The third kappa shape index (κ3) is 3.83. The highest BCUT2D eigenvalue weighted by Gasteiger charge is 2.25. The number of hydrogen-bond acceptors (Lipinski definition) is 6. The molecule has 1 fully saturated rings. The van der Waals surface area contributed by atoms with Crippen LogP contribution >= 0.6 is 11.3 Å². The molecule has 2 aromatic heterocycles. The third-order valence-electron chi connectivity index (χ3n) is 5.00. The number of fused-ring (bicyclic) bond motifs is 1. The first-order valence-electron chi connectivity index (χ1n) is 8.93. The molecule has 1 aliphatic rings. The molecule has 1 aromatic carbocycles. The van der Waals surface area contributed by atoms with Crippen molar-refractivity contribution in [1.29, 1.82) is 0 Å². The summed E-state index contributed by atoms with van der Waals surface area (Å²) in [6.45, 7) is 3.16. The lowest BCUT2D eigenvalue weighted by Crippen LogP contribution is -2.41. The van der Waals surface area contributed by atoms with E-state index in [1.165, 1.54) is 11.8 Å². The molecule has 3 aromatic rings. The first kappa shape index (κ1) is 18.3. The number of aromatic nitrogens is 2. The van der Waals surface area contributed by atoms with Crippen LogP contribution in [0.15, 0.2) is 36.0 Å². The van der Waals surface area contributed by atoms with Gasteiger partial charge in [-0.3, -0.25) is 0 Å². The van der Waals surface area contributed by atoms with Crippen LogP contribution in [0.5, 0.6) is 0 Å². The first-order chi connectivity index (χ1) is 12.9. The van der Waals surface area contributed by atoms with Gasteiger partial charge in [0.25, 0.3) is 0 Å². The summed E-state index contributed by atoms with van der Waals surface area (Å²) in [4.78, 5) is 9.88. The van der Waals surface area contributed by atoms with E-state index in [1.54, 1.807) is 22.0 Å². The lowest BCUT2D eigenvalue weighted by atomic mass is 10.0. The van der Waals surface area contributed by atoms with Crippen molar-refractivity contribution in [3.8, 4) is 11.1 Å². The number of piperidine rings is 1. The fraction of sp³-hybridized carbons (Fsp3) is 0.368. The normalized spacial score (nSPS) is 16.7. The molecule has 27 heavy (non-hydrogen) atoms. The monoisotopic (exact) mass is 402 g/mol. The minimum Gasteiger partial charge on any atom is -0.367 e. The molecule has 0 aliphatic carbocycles. The van der Waals surface area contributed by atoms with Gasteiger partial charge in [0.1, 0.15) is 17.0 Å². The van der Waals surface area contributed by atoms with E-state index >= 15 is 0 Å². The molecular formula is C19H22N4O2S2. The Morgan fingerprint density at radius 1 is 1.15 bits per heavy atom. The fourth-order valence-corrected chi connectivity index (χ4v) is 5.25. The van der Waals surface area contributed by atoms with Gasteiger partial charge >= 0.3 is 0 Å². The zero-order chi connectivity index (χ0) is 19.0. The van der Waals surface area contributed by atoms with Crippen LogP contribution < -0.4 is 5.32 Å². The van der Waals surface area contributed by atoms with E-state index in [1.807, 2.05) is 0 Å². The van der Waals surface area contributed by atoms with Crippen molar-refractivity contribution in [3.05, 3.63) is 41.5 Å². The highest BCUT2D eigenvalue weighted by atomic mass is 32.2. The average molecular weight is 403 g/mol. The van der Waals surface area contributed by atoms with Gasteiger partial charge in [0.05, 0.1) is 11.6 Å². The maximum atomic E-state index is 11.7. The third-order valence-corrected chi connectivity index (χ3v) is 7.19. The number of anilines is 1. The van der Waals surface area contributed by atoms with Crippen LogP contribution in [0.25, 0.3) is 21.3 Å². The molecule has 1 N–H and O–H groups in total. The molecule has 3 heterocycles. The van der Waals surface area contributed by atoms with Crippen LogP contribution in [0.3, 0.4) is 0 Å². The van der Waals surface area contributed by atoms with Gasteiger partial charge in [0.2, 0.25) is 10.0 Å². The van der Waals surface area contributed by atoms with Crippen LogP contribution in [-0.2, 0) is 10.0 Å². The lowest BCUT2D eigenvalue weighted by molar-refractivity contribution is 0.331. The van der Waals surface area contributed by atoms with Crippen molar-refractivity contribution in [1.82, 2.24) is 14.3 Å². The molecule has 0 amide bonds. The van der Waals surface area contributed by atoms with E-state index in [0.717, 1.165) is 40.0 Å². The molecule has 142 valence electrons. The van der Waals surface area contributed by atoms with Gasteiger partial charge in [0, 0.05) is 30.1 Å². The fourth-order valence-electron chi connectivity index (χ4n) is 3.46. The number of thiophene rings is 1. The number of nitrogens with one attached hydrogen (secondary N) is 1. The largest absolute Gasteiger partial charge is 0.367 e. The maximum absolute atomic E-state index is 11.7. The van der Waals surface area contributed by atoms with Crippen molar-refractivity contribution in [2.24, 2.45) is 0 Å². The number of nitrogens with zero attached hydrogens (tertiary/aromatic N) is 3. The smallest absolute Gasteiger partial charge is 0.211 e. The molecule has 0 radical (unpaired) electrons. The van der Waals surface area contributed by atoms with Gasteiger partial charge in [-0.15, -0.1) is 11.3 Å². The SMILES string of the molecule is Cc1ccc(-c2csc3ncnc(NC4CCN(S(C)(=O)=O)CC4)c23)cc1. The Bertz CT molecular complexity index is 1050. The van der Waals surface area contributed by atoms with E-state index in [0.29, 0.717) is 13.1 Å². The molecule has 0 saturated carbocycles. The molecular weight excluding hydrogens is 380 g/mol. The second kappa shape index (κ2) is 7.18.